The molecule has 4 atom stereocenters. The summed E-state index contributed by atoms with van der Waals surface area (Å²) in [7, 11) is 2.10. The summed E-state index contributed by atoms with van der Waals surface area (Å²) in [6, 6.07) is 6.28. The summed E-state index contributed by atoms with van der Waals surface area (Å²) in [4.78, 5) is 11.2. The van der Waals surface area contributed by atoms with Crippen LogP contribution in [0, 0.1) is 12.8 Å². The van der Waals surface area contributed by atoms with Gasteiger partial charge >= 0.3 is 0 Å². The number of nitrogens with zero attached hydrogens (tertiary/aromatic N) is 3. The number of aromatic nitrogens is 2. The molecule has 0 bridgehead atoms. The third kappa shape index (κ3) is 2.98. The van der Waals surface area contributed by atoms with E-state index in [1.807, 2.05) is 32.0 Å². The van der Waals surface area contributed by atoms with Crippen LogP contribution in [-0.4, -0.2) is 41.3 Å². The van der Waals surface area contributed by atoms with Crippen LogP contribution in [0.4, 0.5) is 5.82 Å². The first-order valence-corrected chi connectivity index (χ1v) is 9.49. The number of hydrogen-bond acceptors (Lipinski definition) is 5. The van der Waals surface area contributed by atoms with Crippen molar-refractivity contribution in [3.63, 3.8) is 0 Å². The maximum atomic E-state index is 11.2. The zero-order valence-corrected chi connectivity index (χ0v) is 16.2. The van der Waals surface area contributed by atoms with E-state index in [-0.39, 0.29) is 0 Å². The molecule has 2 aromatic heterocycles. The van der Waals surface area contributed by atoms with Gasteiger partial charge < -0.3 is 15.3 Å². The first-order valence-electron chi connectivity index (χ1n) is 9.11. The van der Waals surface area contributed by atoms with Crippen molar-refractivity contribution < 1.29 is 5.11 Å². The Bertz CT molecular complexity index is 808. The number of anilines is 1. The molecule has 6 heteroatoms. The third-order valence-electron chi connectivity index (χ3n) is 5.90. The molecule has 0 amide bonds. The van der Waals surface area contributed by atoms with Crippen molar-refractivity contribution in [1.82, 2.24) is 15.3 Å². The Morgan fingerprint density at radius 3 is 2.85 bits per heavy atom. The standard InChI is InChI=1S/C20H25ClN4O/c1-12-4-5-14(9-23-12)20(2,26)7-13-8-22-11-17-16-6-15(21)10-24-19(16)25(3)18(13)17/h4-6,9-10,13,17-18,22,26H,7-8,11H2,1-3H3. The van der Waals surface area contributed by atoms with Gasteiger partial charge in [0.2, 0.25) is 0 Å². The second-order valence-corrected chi connectivity index (χ2v) is 8.30. The quantitative estimate of drug-likeness (QED) is 0.867. The van der Waals surface area contributed by atoms with E-state index >= 15 is 0 Å². The van der Waals surface area contributed by atoms with Crippen LogP contribution in [0.3, 0.4) is 0 Å². The highest BCUT2D eigenvalue weighted by atomic mass is 35.5. The normalized spacial score (nSPS) is 27.0. The molecule has 0 aromatic carbocycles. The number of rotatable bonds is 3. The van der Waals surface area contributed by atoms with E-state index in [1.165, 1.54) is 5.56 Å². The van der Waals surface area contributed by atoms with Gasteiger partial charge in [-0.1, -0.05) is 17.7 Å². The molecular formula is C20H25ClN4O. The molecule has 1 fully saturated rings. The lowest BCUT2D eigenvalue weighted by Crippen LogP contribution is -2.51. The first-order chi connectivity index (χ1) is 12.4. The number of halogens is 1. The summed E-state index contributed by atoms with van der Waals surface area (Å²) < 4.78 is 0. The molecule has 2 aliphatic heterocycles. The highest BCUT2D eigenvalue weighted by Gasteiger charge is 2.46. The maximum absolute atomic E-state index is 11.2. The fourth-order valence-electron chi connectivity index (χ4n) is 4.64. The van der Waals surface area contributed by atoms with Crippen LogP contribution in [-0.2, 0) is 5.60 Å². The number of pyridine rings is 2. The SMILES string of the molecule is Cc1ccc(C(C)(O)CC2CNCC3c4cc(Cl)cnc4N(C)C23)cn1. The van der Waals surface area contributed by atoms with Gasteiger partial charge in [-0.15, -0.1) is 0 Å². The molecule has 2 aliphatic rings. The van der Waals surface area contributed by atoms with E-state index in [0.717, 1.165) is 30.2 Å². The summed E-state index contributed by atoms with van der Waals surface area (Å²) in [6.07, 6.45) is 4.17. The van der Waals surface area contributed by atoms with Crippen molar-refractivity contribution in [2.24, 2.45) is 5.92 Å². The van der Waals surface area contributed by atoms with Crippen molar-refractivity contribution in [1.29, 1.82) is 0 Å². The van der Waals surface area contributed by atoms with E-state index in [1.54, 1.807) is 12.4 Å². The minimum Gasteiger partial charge on any atom is -0.385 e. The molecule has 4 heterocycles. The van der Waals surface area contributed by atoms with Gasteiger partial charge in [-0.05, 0) is 38.3 Å². The summed E-state index contributed by atoms with van der Waals surface area (Å²) in [6.45, 7) is 5.63. The van der Waals surface area contributed by atoms with E-state index in [2.05, 4.69) is 27.2 Å². The summed E-state index contributed by atoms with van der Waals surface area (Å²) in [5, 5.41) is 15.4. The lowest BCUT2D eigenvalue weighted by molar-refractivity contribution is 0.0209. The highest BCUT2D eigenvalue weighted by molar-refractivity contribution is 6.30. The molecule has 0 saturated carbocycles. The largest absolute Gasteiger partial charge is 0.385 e. The average Bonchev–Trinajstić information content (AvgIpc) is 2.88. The summed E-state index contributed by atoms with van der Waals surface area (Å²) >= 11 is 6.19. The van der Waals surface area contributed by atoms with Crippen molar-refractivity contribution in [3.8, 4) is 0 Å². The molecule has 0 aliphatic carbocycles. The monoisotopic (exact) mass is 372 g/mol. The molecule has 2 aromatic rings. The zero-order valence-electron chi connectivity index (χ0n) is 15.4. The highest BCUT2D eigenvalue weighted by Crippen LogP contribution is 2.46. The molecule has 4 unspecified atom stereocenters. The Balaban J connectivity index is 1.61. The molecular weight excluding hydrogens is 348 g/mol. The second-order valence-electron chi connectivity index (χ2n) is 7.86. The number of hydrogen-bond donors (Lipinski definition) is 2. The number of aryl methyl sites for hydroxylation is 1. The van der Waals surface area contributed by atoms with Gasteiger partial charge in [0.1, 0.15) is 5.82 Å². The number of aliphatic hydroxyl groups is 1. The van der Waals surface area contributed by atoms with Gasteiger partial charge in [0.25, 0.3) is 0 Å². The van der Waals surface area contributed by atoms with E-state index < -0.39 is 5.60 Å². The summed E-state index contributed by atoms with van der Waals surface area (Å²) in [5.74, 6) is 1.64. The maximum Gasteiger partial charge on any atom is 0.132 e. The minimum absolute atomic E-state index is 0.294. The van der Waals surface area contributed by atoms with Gasteiger partial charge in [-0.25, -0.2) is 4.98 Å². The lowest BCUT2D eigenvalue weighted by Gasteiger charge is -2.41. The number of nitrogens with one attached hydrogen (secondary N) is 1. The fourth-order valence-corrected chi connectivity index (χ4v) is 4.80. The average molecular weight is 373 g/mol. The second kappa shape index (κ2) is 6.48. The predicted molar refractivity (Wildman–Crippen MR) is 104 cm³/mol. The van der Waals surface area contributed by atoms with Crippen LogP contribution in [0.5, 0.6) is 0 Å². The number of piperidine rings is 1. The van der Waals surface area contributed by atoms with Gasteiger partial charge in [-0.2, -0.15) is 0 Å². The predicted octanol–water partition coefficient (Wildman–Crippen LogP) is 2.86. The summed E-state index contributed by atoms with van der Waals surface area (Å²) in [5.41, 5.74) is 2.11. The Hall–Kier alpha value is -1.69. The van der Waals surface area contributed by atoms with E-state index in [0.29, 0.717) is 29.3 Å². The lowest BCUT2D eigenvalue weighted by atomic mass is 9.76. The van der Waals surface area contributed by atoms with Gasteiger partial charge in [-0.3, -0.25) is 4.98 Å². The molecule has 0 radical (unpaired) electrons. The van der Waals surface area contributed by atoms with Gasteiger partial charge in [0.15, 0.2) is 0 Å². The first kappa shape index (κ1) is 17.7. The van der Waals surface area contributed by atoms with Crippen LogP contribution in [0.15, 0.2) is 30.6 Å². The van der Waals surface area contributed by atoms with Crippen molar-refractivity contribution >= 4 is 17.4 Å². The number of likely N-dealkylation sites (N-methyl/N-ethyl adjacent to an activating group) is 1. The smallest absolute Gasteiger partial charge is 0.132 e. The molecule has 0 spiro atoms. The Morgan fingerprint density at radius 1 is 1.31 bits per heavy atom. The Kier molecular flexibility index (Phi) is 4.41. The van der Waals surface area contributed by atoms with Crippen LogP contribution < -0.4 is 10.2 Å². The molecule has 26 heavy (non-hydrogen) atoms. The van der Waals surface area contributed by atoms with Crippen LogP contribution in [0.1, 0.15) is 36.1 Å². The van der Waals surface area contributed by atoms with Crippen LogP contribution in [0.25, 0.3) is 0 Å². The number of fused-ring (bicyclic) bond motifs is 3. The molecule has 138 valence electrons. The Morgan fingerprint density at radius 2 is 2.12 bits per heavy atom. The third-order valence-corrected chi connectivity index (χ3v) is 6.11. The van der Waals surface area contributed by atoms with Crippen LogP contribution >= 0.6 is 11.6 Å². The van der Waals surface area contributed by atoms with E-state index in [4.69, 9.17) is 11.6 Å². The topological polar surface area (TPSA) is 61.3 Å². The van der Waals surface area contributed by atoms with Crippen molar-refractivity contribution in [2.75, 3.05) is 25.0 Å². The van der Waals surface area contributed by atoms with Crippen molar-refractivity contribution in [3.05, 3.63) is 52.4 Å². The van der Waals surface area contributed by atoms with E-state index in [9.17, 15) is 5.11 Å². The van der Waals surface area contributed by atoms with Crippen LogP contribution in [0.2, 0.25) is 5.02 Å². The zero-order chi connectivity index (χ0) is 18.5. The van der Waals surface area contributed by atoms with Gasteiger partial charge in [0, 0.05) is 61.3 Å². The van der Waals surface area contributed by atoms with Crippen molar-refractivity contribution in [2.45, 2.75) is 37.8 Å². The molecule has 2 N–H and O–H groups in total. The molecule has 5 nitrogen and oxygen atoms in total. The Labute approximate surface area is 159 Å². The van der Waals surface area contributed by atoms with Gasteiger partial charge in [0.05, 0.1) is 10.6 Å². The molecule has 4 rings (SSSR count). The molecule has 1 saturated heterocycles. The fraction of sp³-hybridized carbons (Fsp3) is 0.500. The minimum atomic E-state index is -0.921.